The molecular formula is C4H8N4. The summed E-state index contributed by atoms with van der Waals surface area (Å²) in [6.45, 7) is 1.06. The summed E-state index contributed by atoms with van der Waals surface area (Å²) in [5, 5.41) is 7.47. The van der Waals surface area contributed by atoms with Crippen LogP contribution in [-0.4, -0.2) is 15.0 Å². The van der Waals surface area contributed by atoms with Crippen molar-refractivity contribution in [2.75, 3.05) is 0 Å². The Bertz CT molecular complexity index is 161. The van der Waals surface area contributed by atoms with Gasteiger partial charge in [-0.2, -0.15) is 0 Å². The Kier molecular flexibility index (Phi) is 1.02. The minimum absolute atomic E-state index is 0. The van der Waals surface area contributed by atoms with Crippen molar-refractivity contribution in [3.8, 4) is 0 Å². The summed E-state index contributed by atoms with van der Waals surface area (Å²) in [6.07, 6.45) is 2.97. The second-order valence-corrected chi connectivity index (χ2v) is 1.70. The van der Waals surface area contributed by atoms with Gasteiger partial charge in [-0.1, -0.05) is 5.21 Å². The fourth-order valence-electron chi connectivity index (χ4n) is 0.729. The summed E-state index contributed by atoms with van der Waals surface area (Å²) in [5.74, 6) is 0. The Morgan fingerprint density at radius 2 is 2.50 bits per heavy atom. The molecular weight excluding hydrogens is 104 g/mol. The van der Waals surface area contributed by atoms with Crippen molar-refractivity contribution in [3.63, 3.8) is 0 Å². The second-order valence-electron chi connectivity index (χ2n) is 1.70. The molecule has 0 saturated carbocycles. The van der Waals surface area contributed by atoms with Crippen molar-refractivity contribution < 1.29 is 0 Å². The Hall–Kier alpha value is -0.900. The van der Waals surface area contributed by atoms with Crippen molar-refractivity contribution in [3.05, 3.63) is 11.9 Å². The van der Waals surface area contributed by atoms with E-state index in [-0.39, 0.29) is 6.15 Å². The van der Waals surface area contributed by atoms with Gasteiger partial charge in [0.15, 0.2) is 0 Å². The van der Waals surface area contributed by atoms with E-state index < -0.39 is 0 Å². The van der Waals surface area contributed by atoms with E-state index in [2.05, 4.69) is 10.3 Å². The number of hydrogen-bond acceptors (Lipinski definition) is 3. The molecule has 1 aliphatic rings. The van der Waals surface area contributed by atoms with E-state index in [4.69, 9.17) is 0 Å². The molecule has 0 atom stereocenters. The van der Waals surface area contributed by atoms with E-state index in [1.807, 2.05) is 10.9 Å². The molecule has 1 aromatic heterocycles. The molecule has 0 amide bonds. The fourth-order valence-corrected chi connectivity index (χ4v) is 0.729. The lowest BCUT2D eigenvalue weighted by molar-refractivity contribution is 0.479. The van der Waals surface area contributed by atoms with Crippen LogP contribution < -0.4 is 6.15 Å². The zero-order valence-corrected chi connectivity index (χ0v) is 4.54. The van der Waals surface area contributed by atoms with Crippen LogP contribution in [0.3, 0.4) is 0 Å². The zero-order chi connectivity index (χ0) is 4.69. The third-order valence-corrected chi connectivity index (χ3v) is 1.28. The van der Waals surface area contributed by atoms with Gasteiger partial charge in [-0.3, -0.25) is 0 Å². The maximum Gasteiger partial charge on any atom is 0.0725 e. The van der Waals surface area contributed by atoms with Crippen LogP contribution in [0.5, 0.6) is 0 Å². The van der Waals surface area contributed by atoms with Gasteiger partial charge < -0.3 is 6.15 Å². The summed E-state index contributed by atoms with van der Waals surface area (Å²) >= 11 is 0. The molecule has 44 valence electrons. The summed E-state index contributed by atoms with van der Waals surface area (Å²) in [4.78, 5) is 0. The molecule has 0 aromatic carbocycles. The van der Waals surface area contributed by atoms with Gasteiger partial charge in [0.05, 0.1) is 11.9 Å². The van der Waals surface area contributed by atoms with Gasteiger partial charge in [0.2, 0.25) is 0 Å². The maximum atomic E-state index is 3.77. The van der Waals surface area contributed by atoms with E-state index in [1.54, 1.807) is 0 Å². The van der Waals surface area contributed by atoms with Crippen molar-refractivity contribution >= 4 is 0 Å². The van der Waals surface area contributed by atoms with Crippen LogP contribution in [-0.2, 0) is 13.0 Å². The quantitative estimate of drug-likeness (QED) is 0.513. The molecule has 0 fully saturated rings. The van der Waals surface area contributed by atoms with E-state index in [1.165, 1.54) is 5.69 Å². The van der Waals surface area contributed by atoms with E-state index in [9.17, 15) is 0 Å². The Balaban J connectivity index is 0.000000320. The Labute approximate surface area is 47.1 Å². The molecule has 4 heteroatoms. The number of aromatic nitrogens is 3. The molecule has 3 N–H and O–H groups in total. The first-order chi connectivity index (χ1) is 3.47. The topological polar surface area (TPSA) is 65.7 Å². The molecule has 0 saturated heterocycles. The van der Waals surface area contributed by atoms with Crippen molar-refractivity contribution in [2.24, 2.45) is 0 Å². The molecule has 1 aromatic rings. The third-order valence-electron chi connectivity index (χ3n) is 1.28. The highest BCUT2D eigenvalue weighted by atomic mass is 15.4. The van der Waals surface area contributed by atoms with Gasteiger partial charge in [-0.25, -0.2) is 4.68 Å². The Morgan fingerprint density at radius 3 is 2.75 bits per heavy atom. The average molecular weight is 112 g/mol. The van der Waals surface area contributed by atoms with Gasteiger partial charge >= 0.3 is 0 Å². The van der Waals surface area contributed by atoms with Crippen molar-refractivity contribution in [1.82, 2.24) is 21.1 Å². The number of aryl methyl sites for hydroxylation is 2. The molecule has 0 unspecified atom stereocenters. The standard InChI is InChI=1S/C4H5N3.H3N/c1-2-7-4(1)3-5-6-7;/h3H,1-2H2;1H3. The SMILES string of the molecule is N.c1nnn2c1CC2. The largest absolute Gasteiger partial charge is 0.344 e. The smallest absolute Gasteiger partial charge is 0.0725 e. The number of hydrogen-bond donors (Lipinski definition) is 1. The predicted molar refractivity (Wildman–Crippen MR) is 28.7 cm³/mol. The highest BCUT2D eigenvalue weighted by Gasteiger charge is 2.11. The minimum Gasteiger partial charge on any atom is -0.344 e. The molecule has 0 radical (unpaired) electrons. The van der Waals surface area contributed by atoms with Crippen LogP contribution in [0.4, 0.5) is 0 Å². The van der Waals surface area contributed by atoms with Crippen molar-refractivity contribution in [1.29, 1.82) is 0 Å². The first kappa shape index (κ1) is 5.24. The molecule has 0 aliphatic carbocycles. The molecule has 8 heavy (non-hydrogen) atoms. The number of fused-ring (bicyclic) bond motifs is 1. The second kappa shape index (κ2) is 1.56. The minimum atomic E-state index is 0. The van der Waals surface area contributed by atoms with E-state index in [0.717, 1.165) is 13.0 Å². The van der Waals surface area contributed by atoms with Crippen LogP contribution in [0.1, 0.15) is 5.69 Å². The lowest BCUT2D eigenvalue weighted by Crippen LogP contribution is -2.17. The first-order valence-electron chi connectivity index (χ1n) is 2.34. The summed E-state index contributed by atoms with van der Waals surface area (Å²) in [5.41, 5.74) is 1.26. The molecule has 2 rings (SSSR count). The monoisotopic (exact) mass is 112 g/mol. The van der Waals surface area contributed by atoms with Gasteiger partial charge in [0.25, 0.3) is 0 Å². The summed E-state index contributed by atoms with van der Waals surface area (Å²) in [7, 11) is 0. The highest BCUT2D eigenvalue weighted by Crippen LogP contribution is 2.07. The maximum absolute atomic E-state index is 3.77. The van der Waals surface area contributed by atoms with Crippen LogP contribution >= 0.6 is 0 Å². The highest BCUT2D eigenvalue weighted by molar-refractivity contribution is 5.00. The molecule has 0 spiro atoms. The normalized spacial score (nSPS) is 13.5. The molecule has 2 heterocycles. The van der Waals surface area contributed by atoms with Crippen LogP contribution in [0.2, 0.25) is 0 Å². The van der Waals surface area contributed by atoms with Gasteiger partial charge in [0.1, 0.15) is 0 Å². The third kappa shape index (κ3) is 0.431. The average Bonchev–Trinajstić information content (AvgIpc) is 1.85. The molecule has 4 nitrogen and oxygen atoms in total. The lowest BCUT2D eigenvalue weighted by Gasteiger charge is -2.11. The van der Waals surface area contributed by atoms with E-state index >= 15 is 0 Å². The van der Waals surface area contributed by atoms with Crippen LogP contribution in [0.25, 0.3) is 0 Å². The summed E-state index contributed by atoms with van der Waals surface area (Å²) < 4.78 is 1.90. The van der Waals surface area contributed by atoms with Crippen LogP contribution in [0.15, 0.2) is 6.20 Å². The number of rotatable bonds is 0. The van der Waals surface area contributed by atoms with Crippen LogP contribution in [0, 0.1) is 0 Å². The van der Waals surface area contributed by atoms with Gasteiger partial charge in [0, 0.05) is 13.0 Å². The Morgan fingerprint density at radius 1 is 1.62 bits per heavy atom. The van der Waals surface area contributed by atoms with E-state index in [0.29, 0.717) is 0 Å². The summed E-state index contributed by atoms with van der Waals surface area (Å²) in [6, 6.07) is 0. The molecule has 0 bridgehead atoms. The zero-order valence-electron chi connectivity index (χ0n) is 4.54. The first-order valence-corrected chi connectivity index (χ1v) is 2.34. The van der Waals surface area contributed by atoms with Crippen molar-refractivity contribution in [2.45, 2.75) is 13.0 Å². The van der Waals surface area contributed by atoms with Gasteiger partial charge in [-0.05, 0) is 0 Å². The predicted octanol–water partition coefficient (Wildman–Crippen LogP) is -0.00380. The van der Waals surface area contributed by atoms with Gasteiger partial charge in [-0.15, -0.1) is 5.10 Å². The lowest BCUT2D eigenvalue weighted by atomic mass is 10.2. The fraction of sp³-hybridized carbons (Fsp3) is 0.500. The number of nitrogens with zero attached hydrogens (tertiary/aromatic N) is 3. The molecule has 1 aliphatic heterocycles.